The van der Waals surface area contributed by atoms with Crippen LogP contribution in [0.4, 0.5) is 0 Å². The van der Waals surface area contributed by atoms with E-state index in [0.717, 1.165) is 11.1 Å². The molecule has 0 atom stereocenters. The Morgan fingerprint density at radius 2 is 1.92 bits per heavy atom. The number of hydrogen-bond donors (Lipinski definition) is 0. The van der Waals surface area contributed by atoms with E-state index in [2.05, 4.69) is 0 Å². The lowest BCUT2D eigenvalue weighted by Gasteiger charge is -2.05. The van der Waals surface area contributed by atoms with E-state index in [4.69, 9.17) is 23.2 Å². The second kappa shape index (κ2) is 3.46. The molecule has 1 aromatic carbocycles. The molecular weight excluding hydrogens is 195 g/mol. The van der Waals surface area contributed by atoms with Crippen molar-refractivity contribution in [2.45, 2.75) is 13.8 Å². The van der Waals surface area contributed by atoms with Gasteiger partial charge in [-0.05, 0) is 42.6 Å². The molecule has 0 saturated carbocycles. The lowest BCUT2D eigenvalue weighted by atomic mass is 10.1. The molecule has 0 aliphatic rings. The third-order valence-electron chi connectivity index (χ3n) is 1.79. The molecule has 0 aliphatic carbocycles. The van der Waals surface area contributed by atoms with Gasteiger partial charge in [0.2, 0.25) is 0 Å². The molecule has 0 bridgehead atoms. The fourth-order valence-electron chi connectivity index (χ4n) is 1.03. The molecule has 0 N–H and O–H groups in total. The Hall–Kier alpha value is -0.530. The molecule has 0 radical (unpaired) electrons. The molecule has 0 fully saturated rings. The minimum Gasteiger partial charge on any atom is -0.276 e. The lowest BCUT2D eigenvalue weighted by molar-refractivity contribution is 0.108. The molecule has 0 heterocycles. The van der Waals surface area contributed by atoms with Gasteiger partial charge in [-0.15, -0.1) is 0 Å². The van der Waals surface area contributed by atoms with Gasteiger partial charge in [0.1, 0.15) is 0 Å². The first kappa shape index (κ1) is 9.56. The number of rotatable bonds is 1. The van der Waals surface area contributed by atoms with Gasteiger partial charge in [-0.2, -0.15) is 0 Å². The molecule has 0 aromatic heterocycles. The fourth-order valence-corrected chi connectivity index (χ4v) is 1.40. The zero-order valence-corrected chi connectivity index (χ0v) is 8.33. The molecule has 3 heteroatoms. The third kappa shape index (κ3) is 1.62. The van der Waals surface area contributed by atoms with Gasteiger partial charge in [0.25, 0.3) is 5.24 Å². The van der Waals surface area contributed by atoms with Crippen LogP contribution in [0.25, 0.3) is 0 Å². The Bertz CT molecular complexity index is 332. The largest absolute Gasteiger partial charge is 0.276 e. The second-order valence-electron chi connectivity index (χ2n) is 2.64. The first-order valence-electron chi connectivity index (χ1n) is 3.49. The van der Waals surface area contributed by atoms with Crippen molar-refractivity contribution in [3.63, 3.8) is 0 Å². The standard InChI is InChI=1S/C9H8Cl2O/c1-5-3-4-7(9(11)12)6(2)8(5)10/h3-4H,1-2H3. The predicted octanol–water partition coefficient (Wildman–Crippen LogP) is 3.34. The van der Waals surface area contributed by atoms with Crippen LogP contribution < -0.4 is 0 Å². The number of halogens is 2. The highest BCUT2D eigenvalue weighted by Crippen LogP contribution is 2.24. The summed E-state index contributed by atoms with van der Waals surface area (Å²) in [4.78, 5) is 10.8. The smallest absolute Gasteiger partial charge is 0.252 e. The van der Waals surface area contributed by atoms with Crippen LogP contribution in [0.1, 0.15) is 21.5 Å². The van der Waals surface area contributed by atoms with E-state index in [0.29, 0.717) is 10.6 Å². The Morgan fingerprint density at radius 3 is 2.42 bits per heavy atom. The van der Waals surface area contributed by atoms with Crippen LogP contribution in [0.15, 0.2) is 12.1 Å². The van der Waals surface area contributed by atoms with Gasteiger partial charge in [0, 0.05) is 10.6 Å². The minimum absolute atomic E-state index is 0.464. The Kier molecular flexibility index (Phi) is 2.76. The molecule has 1 rings (SSSR count). The molecule has 0 amide bonds. The number of carbonyl (C=O) groups is 1. The van der Waals surface area contributed by atoms with Crippen molar-refractivity contribution in [1.82, 2.24) is 0 Å². The van der Waals surface area contributed by atoms with Crippen LogP contribution in [0.5, 0.6) is 0 Å². The van der Waals surface area contributed by atoms with Crippen LogP contribution in [0.3, 0.4) is 0 Å². The molecule has 1 aromatic rings. The number of benzene rings is 1. The maximum atomic E-state index is 10.8. The van der Waals surface area contributed by atoms with Crippen molar-refractivity contribution in [3.8, 4) is 0 Å². The van der Waals surface area contributed by atoms with Gasteiger partial charge >= 0.3 is 0 Å². The number of aryl methyl sites for hydroxylation is 1. The summed E-state index contributed by atoms with van der Waals surface area (Å²) >= 11 is 11.3. The topological polar surface area (TPSA) is 17.1 Å². The van der Waals surface area contributed by atoms with E-state index in [-0.39, 0.29) is 0 Å². The predicted molar refractivity (Wildman–Crippen MR) is 51.1 cm³/mol. The van der Waals surface area contributed by atoms with Crippen LogP contribution in [-0.4, -0.2) is 5.24 Å². The Morgan fingerprint density at radius 1 is 1.33 bits per heavy atom. The van der Waals surface area contributed by atoms with Crippen molar-refractivity contribution in [3.05, 3.63) is 33.8 Å². The molecule has 0 aliphatic heterocycles. The normalized spacial score (nSPS) is 10.0. The highest BCUT2D eigenvalue weighted by atomic mass is 35.5. The van der Waals surface area contributed by atoms with Crippen LogP contribution in [-0.2, 0) is 0 Å². The van der Waals surface area contributed by atoms with Crippen molar-refractivity contribution in [2.24, 2.45) is 0 Å². The average Bonchev–Trinajstić information content (AvgIpc) is 2.00. The first-order chi connectivity index (χ1) is 5.54. The summed E-state index contributed by atoms with van der Waals surface area (Å²) in [6.07, 6.45) is 0. The van der Waals surface area contributed by atoms with Crippen molar-refractivity contribution in [2.75, 3.05) is 0 Å². The van der Waals surface area contributed by atoms with E-state index in [1.165, 1.54) is 0 Å². The lowest BCUT2D eigenvalue weighted by Crippen LogP contribution is -1.94. The quantitative estimate of drug-likeness (QED) is 0.639. The van der Waals surface area contributed by atoms with Gasteiger partial charge in [0.05, 0.1) is 0 Å². The number of carbonyl (C=O) groups excluding carboxylic acids is 1. The maximum Gasteiger partial charge on any atom is 0.252 e. The summed E-state index contributed by atoms with van der Waals surface area (Å²) in [5.74, 6) is 0. The number of hydrogen-bond acceptors (Lipinski definition) is 1. The van der Waals surface area contributed by atoms with Gasteiger partial charge < -0.3 is 0 Å². The van der Waals surface area contributed by atoms with E-state index in [1.54, 1.807) is 19.1 Å². The van der Waals surface area contributed by atoms with Gasteiger partial charge in [-0.1, -0.05) is 17.7 Å². The van der Waals surface area contributed by atoms with Crippen molar-refractivity contribution >= 4 is 28.4 Å². The van der Waals surface area contributed by atoms with Crippen LogP contribution >= 0.6 is 23.2 Å². The van der Waals surface area contributed by atoms with Gasteiger partial charge in [-0.3, -0.25) is 4.79 Å². The Balaban J connectivity index is 3.36. The van der Waals surface area contributed by atoms with E-state index < -0.39 is 5.24 Å². The summed E-state index contributed by atoms with van der Waals surface area (Å²) in [6.45, 7) is 3.67. The SMILES string of the molecule is Cc1ccc(C(=O)Cl)c(C)c1Cl. The average molecular weight is 203 g/mol. The summed E-state index contributed by atoms with van der Waals surface area (Å²) < 4.78 is 0. The van der Waals surface area contributed by atoms with Gasteiger partial charge in [-0.25, -0.2) is 0 Å². The third-order valence-corrected chi connectivity index (χ3v) is 2.58. The van der Waals surface area contributed by atoms with E-state index in [1.807, 2.05) is 6.92 Å². The molecular formula is C9H8Cl2O. The van der Waals surface area contributed by atoms with E-state index in [9.17, 15) is 4.79 Å². The zero-order valence-electron chi connectivity index (χ0n) is 6.82. The highest BCUT2D eigenvalue weighted by molar-refractivity contribution is 6.68. The summed E-state index contributed by atoms with van der Waals surface area (Å²) in [5, 5.41) is 0.149. The first-order valence-corrected chi connectivity index (χ1v) is 4.25. The molecule has 1 nitrogen and oxygen atoms in total. The molecule has 0 unspecified atom stereocenters. The molecule has 12 heavy (non-hydrogen) atoms. The summed E-state index contributed by atoms with van der Waals surface area (Å²) in [6, 6.07) is 3.47. The van der Waals surface area contributed by atoms with Crippen molar-refractivity contribution < 1.29 is 4.79 Å². The van der Waals surface area contributed by atoms with E-state index >= 15 is 0 Å². The van der Waals surface area contributed by atoms with Crippen molar-refractivity contribution in [1.29, 1.82) is 0 Å². The summed E-state index contributed by atoms with van der Waals surface area (Å²) in [5.41, 5.74) is 2.18. The van der Waals surface area contributed by atoms with Crippen LogP contribution in [0, 0.1) is 13.8 Å². The molecule has 0 spiro atoms. The zero-order chi connectivity index (χ0) is 9.30. The Labute approximate surface area is 81.3 Å². The summed E-state index contributed by atoms with van der Waals surface area (Å²) in [7, 11) is 0. The second-order valence-corrected chi connectivity index (χ2v) is 3.36. The minimum atomic E-state index is -0.464. The maximum absolute atomic E-state index is 10.8. The molecule has 64 valence electrons. The van der Waals surface area contributed by atoms with Crippen LogP contribution in [0.2, 0.25) is 5.02 Å². The van der Waals surface area contributed by atoms with Gasteiger partial charge in [0.15, 0.2) is 0 Å². The highest BCUT2D eigenvalue weighted by Gasteiger charge is 2.09. The molecule has 0 saturated heterocycles. The monoisotopic (exact) mass is 202 g/mol. The fraction of sp³-hybridized carbons (Fsp3) is 0.222.